The van der Waals surface area contributed by atoms with Crippen molar-refractivity contribution in [2.75, 3.05) is 13.1 Å². The van der Waals surface area contributed by atoms with Gasteiger partial charge in [0.05, 0.1) is 17.8 Å². The summed E-state index contributed by atoms with van der Waals surface area (Å²) < 4.78 is 37.9. The van der Waals surface area contributed by atoms with Gasteiger partial charge >= 0.3 is 6.18 Å². The van der Waals surface area contributed by atoms with E-state index in [9.17, 15) is 22.8 Å². The van der Waals surface area contributed by atoms with Gasteiger partial charge in [0.15, 0.2) is 0 Å². The maximum Gasteiger partial charge on any atom is 0.433 e. The lowest BCUT2D eigenvalue weighted by molar-refractivity contribution is -0.141. The first-order chi connectivity index (χ1) is 10.8. The third-order valence-corrected chi connectivity index (χ3v) is 3.12. The first kappa shape index (κ1) is 19.9. The van der Waals surface area contributed by atoms with E-state index in [1.165, 1.54) is 11.8 Å². The molecule has 0 aliphatic heterocycles. The molecule has 1 heterocycles. The number of rotatable bonds is 4. The molecule has 0 aliphatic rings. The van der Waals surface area contributed by atoms with E-state index in [1.807, 2.05) is 20.8 Å². The number of likely N-dealkylation sites (N-methyl/N-ethyl adjacent to an activating group) is 1. The minimum Gasteiger partial charge on any atom is -0.350 e. The number of carbonyl (C=O) groups is 2. The zero-order chi connectivity index (χ0) is 18.7. The Morgan fingerprint density at radius 3 is 2.21 bits per heavy atom. The van der Waals surface area contributed by atoms with E-state index in [1.54, 1.807) is 6.92 Å². The number of amides is 2. The van der Waals surface area contributed by atoms with Gasteiger partial charge in [-0.3, -0.25) is 9.59 Å². The number of carbonyl (C=O) groups excluding carboxylic acids is 2. The number of pyridine rings is 1. The molecule has 1 rings (SSSR count). The molecule has 0 saturated heterocycles. The van der Waals surface area contributed by atoms with Gasteiger partial charge in [-0.05, 0) is 46.8 Å². The average molecular weight is 345 g/mol. The van der Waals surface area contributed by atoms with Crippen LogP contribution in [0, 0.1) is 6.92 Å². The molecule has 0 saturated carbocycles. The summed E-state index contributed by atoms with van der Waals surface area (Å²) in [5, 5.41) is 2.74. The van der Waals surface area contributed by atoms with Crippen LogP contribution in [-0.2, 0) is 11.0 Å². The summed E-state index contributed by atoms with van der Waals surface area (Å²) in [6, 6.07) is 1.86. The molecule has 0 fully saturated rings. The van der Waals surface area contributed by atoms with Gasteiger partial charge in [-0.25, -0.2) is 4.98 Å². The molecule has 5 nitrogen and oxygen atoms in total. The Labute approximate surface area is 139 Å². The van der Waals surface area contributed by atoms with Gasteiger partial charge in [0.25, 0.3) is 5.91 Å². The summed E-state index contributed by atoms with van der Waals surface area (Å²) in [6.07, 6.45) is -4.57. The van der Waals surface area contributed by atoms with Crippen molar-refractivity contribution in [2.45, 2.75) is 46.3 Å². The van der Waals surface area contributed by atoms with Gasteiger partial charge in [-0.15, -0.1) is 0 Å². The van der Waals surface area contributed by atoms with E-state index in [4.69, 9.17) is 0 Å². The lowest BCUT2D eigenvalue weighted by atomic mass is 10.1. The second kappa shape index (κ2) is 7.19. The smallest absolute Gasteiger partial charge is 0.350 e. The van der Waals surface area contributed by atoms with Crippen molar-refractivity contribution in [3.63, 3.8) is 0 Å². The van der Waals surface area contributed by atoms with Crippen molar-refractivity contribution in [1.29, 1.82) is 0 Å². The van der Waals surface area contributed by atoms with Crippen molar-refractivity contribution >= 4 is 11.8 Å². The van der Waals surface area contributed by atoms with Gasteiger partial charge in [0.1, 0.15) is 5.69 Å². The normalized spacial score (nSPS) is 12.0. The topological polar surface area (TPSA) is 62.3 Å². The summed E-state index contributed by atoms with van der Waals surface area (Å²) in [5.41, 5.74) is -1.46. The van der Waals surface area contributed by atoms with Gasteiger partial charge in [-0.2, -0.15) is 13.2 Å². The number of hydrogen-bond donors (Lipinski definition) is 1. The van der Waals surface area contributed by atoms with Crippen LogP contribution < -0.4 is 5.32 Å². The number of aromatic nitrogens is 1. The third kappa shape index (κ3) is 5.50. The Morgan fingerprint density at radius 1 is 1.21 bits per heavy atom. The number of nitrogens with one attached hydrogen (secondary N) is 1. The molecule has 1 aromatic rings. The molecule has 0 spiro atoms. The van der Waals surface area contributed by atoms with E-state index in [-0.39, 0.29) is 30.3 Å². The maximum absolute atomic E-state index is 12.6. The fourth-order valence-corrected chi connectivity index (χ4v) is 2.07. The number of aryl methyl sites for hydroxylation is 1. The average Bonchev–Trinajstić information content (AvgIpc) is 2.41. The minimum atomic E-state index is -4.57. The van der Waals surface area contributed by atoms with Crippen LogP contribution in [0.2, 0.25) is 0 Å². The van der Waals surface area contributed by atoms with Crippen LogP contribution in [0.1, 0.15) is 49.4 Å². The van der Waals surface area contributed by atoms with Crippen LogP contribution in [0.15, 0.2) is 12.1 Å². The van der Waals surface area contributed by atoms with Gasteiger partial charge in [-0.1, -0.05) is 0 Å². The van der Waals surface area contributed by atoms with Crippen LogP contribution >= 0.6 is 0 Å². The van der Waals surface area contributed by atoms with Crippen LogP contribution in [0.5, 0.6) is 0 Å². The SMILES string of the molecule is CCN(CC(=O)NC(C)(C)C)C(=O)c1ccc(C(F)(F)F)nc1C. The highest BCUT2D eigenvalue weighted by Gasteiger charge is 2.33. The summed E-state index contributed by atoms with van der Waals surface area (Å²) >= 11 is 0. The van der Waals surface area contributed by atoms with E-state index >= 15 is 0 Å². The van der Waals surface area contributed by atoms with Crippen LogP contribution in [0.25, 0.3) is 0 Å². The number of hydrogen-bond acceptors (Lipinski definition) is 3. The molecule has 0 radical (unpaired) electrons. The zero-order valence-electron chi connectivity index (χ0n) is 14.4. The van der Waals surface area contributed by atoms with Gasteiger partial charge in [0, 0.05) is 12.1 Å². The number of nitrogens with zero attached hydrogens (tertiary/aromatic N) is 2. The quantitative estimate of drug-likeness (QED) is 0.913. The molecule has 1 aromatic heterocycles. The lowest BCUT2D eigenvalue weighted by Crippen LogP contribution is -2.47. The van der Waals surface area contributed by atoms with Crippen LogP contribution in [0.3, 0.4) is 0 Å². The standard InChI is InChI=1S/C16H22F3N3O2/c1-6-22(9-13(23)21-15(3,4)5)14(24)11-7-8-12(16(17,18)19)20-10(11)2/h7-8H,6,9H2,1-5H3,(H,21,23). The Morgan fingerprint density at radius 2 is 1.79 bits per heavy atom. The largest absolute Gasteiger partial charge is 0.433 e. The second-order valence-corrected chi connectivity index (χ2v) is 6.44. The molecule has 0 bridgehead atoms. The van der Waals surface area contributed by atoms with E-state index in [2.05, 4.69) is 10.3 Å². The maximum atomic E-state index is 12.6. The number of halogens is 3. The fourth-order valence-electron chi connectivity index (χ4n) is 2.07. The molecule has 8 heteroatoms. The fraction of sp³-hybridized carbons (Fsp3) is 0.562. The van der Waals surface area contributed by atoms with E-state index < -0.39 is 23.3 Å². The zero-order valence-corrected chi connectivity index (χ0v) is 14.4. The molecular weight excluding hydrogens is 323 g/mol. The van der Waals surface area contributed by atoms with Gasteiger partial charge < -0.3 is 10.2 Å². The van der Waals surface area contributed by atoms with E-state index in [0.29, 0.717) is 0 Å². The van der Waals surface area contributed by atoms with Crippen molar-refractivity contribution in [2.24, 2.45) is 0 Å². The predicted octanol–water partition coefficient (Wildman–Crippen LogP) is 2.79. The van der Waals surface area contributed by atoms with Gasteiger partial charge in [0.2, 0.25) is 5.91 Å². The van der Waals surface area contributed by atoms with Crippen molar-refractivity contribution < 1.29 is 22.8 Å². The first-order valence-corrected chi connectivity index (χ1v) is 7.50. The summed E-state index contributed by atoms with van der Waals surface area (Å²) in [4.78, 5) is 29.2. The second-order valence-electron chi connectivity index (χ2n) is 6.44. The summed E-state index contributed by atoms with van der Waals surface area (Å²) in [6.45, 7) is 8.54. The molecule has 134 valence electrons. The summed E-state index contributed by atoms with van der Waals surface area (Å²) in [7, 11) is 0. The predicted molar refractivity (Wildman–Crippen MR) is 83.4 cm³/mol. The minimum absolute atomic E-state index is 0.0236. The lowest BCUT2D eigenvalue weighted by Gasteiger charge is -2.25. The Hall–Kier alpha value is -2.12. The molecular formula is C16H22F3N3O2. The molecule has 24 heavy (non-hydrogen) atoms. The van der Waals surface area contributed by atoms with Crippen molar-refractivity contribution in [3.05, 3.63) is 29.1 Å². The highest BCUT2D eigenvalue weighted by Crippen LogP contribution is 2.28. The Balaban J connectivity index is 2.96. The molecule has 2 amide bonds. The molecule has 0 aromatic carbocycles. The number of alkyl halides is 3. The van der Waals surface area contributed by atoms with Crippen LogP contribution in [0.4, 0.5) is 13.2 Å². The summed E-state index contributed by atoms with van der Waals surface area (Å²) in [5.74, 6) is -0.865. The third-order valence-electron chi connectivity index (χ3n) is 3.12. The molecule has 0 aliphatic carbocycles. The highest BCUT2D eigenvalue weighted by molar-refractivity contribution is 5.97. The Kier molecular flexibility index (Phi) is 5.97. The van der Waals surface area contributed by atoms with Crippen molar-refractivity contribution in [1.82, 2.24) is 15.2 Å². The molecule has 0 unspecified atom stereocenters. The molecule has 1 N–H and O–H groups in total. The molecule has 0 atom stereocenters. The van der Waals surface area contributed by atoms with Crippen molar-refractivity contribution in [3.8, 4) is 0 Å². The highest BCUT2D eigenvalue weighted by atomic mass is 19.4. The Bertz CT molecular complexity index is 622. The first-order valence-electron chi connectivity index (χ1n) is 7.50. The van der Waals surface area contributed by atoms with Crippen LogP contribution in [-0.4, -0.2) is 40.3 Å². The van der Waals surface area contributed by atoms with E-state index in [0.717, 1.165) is 12.1 Å². The monoisotopic (exact) mass is 345 g/mol.